The van der Waals surface area contributed by atoms with Crippen molar-refractivity contribution in [1.82, 2.24) is 9.88 Å². The quantitative estimate of drug-likeness (QED) is 0.787. The first kappa shape index (κ1) is 17.1. The SMILES string of the molecule is O=C(OCC(=O)N1CCC(Cc2ccccc2)CC1)c1cccnc1. The van der Waals surface area contributed by atoms with E-state index in [-0.39, 0.29) is 12.5 Å². The zero-order chi connectivity index (χ0) is 17.5. The number of carbonyl (C=O) groups excluding carboxylic acids is 2. The number of pyridine rings is 1. The van der Waals surface area contributed by atoms with E-state index >= 15 is 0 Å². The molecule has 0 radical (unpaired) electrons. The molecule has 1 saturated heterocycles. The second-order valence-electron chi connectivity index (χ2n) is 6.33. The first-order valence-electron chi connectivity index (χ1n) is 8.61. The summed E-state index contributed by atoms with van der Waals surface area (Å²) < 4.78 is 5.10. The van der Waals surface area contributed by atoms with Crippen LogP contribution in [-0.4, -0.2) is 41.5 Å². The molecule has 0 saturated carbocycles. The van der Waals surface area contributed by atoms with Crippen molar-refractivity contribution in [2.75, 3.05) is 19.7 Å². The molecule has 5 heteroatoms. The second kappa shape index (κ2) is 8.42. The van der Waals surface area contributed by atoms with Crippen molar-refractivity contribution in [2.45, 2.75) is 19.3 Å². The Labute approximate surface area is 147 Å². The van der Waals surface area contributed by atoms with Crippen LogP contribution in [0.4, 0.5) is 0 Å². The molecule has 1 aliphatic rings. The number of aromatic nitrogens is 1. The molecule has 0 bridgehead atoms. The van der Waals surface area contributed by atoms with Gasteiger partial charge >= 0.3 is 5.97 Å². The van der Waals surface area contributed by atoms with Crippen molar-refractivity contribution >= 4 is 11.9 Å². The Bertz CT molecular complexity index is 695. The van der Waals surface area contributed by atoms with Gasteiger partial charge in [-0.15, -0.1) is 0 Å². The summed E-state index contributed by atoms with van der Waals surface area (Å²) in [6.45, 7) is 1.23. The van der Waals surface area contributed by atoms with E-state index in [2.05, 4.69) is 29.2 Å². The van der Waals surface area contributed by atoms with Gasteiger partial charge in [0.2, 0.25) is 0 Å². The number of nitrogens with zero attached hydrogens (tertiary/aromatic N) is 2. The van der Waals surface area contributed by atoms with Gasteiger partial charge in [-0.3, -0.25) is 9.78 Å². The Balaban J connectivity index is 1.42. The summed E-state index contributed by atoms with van der Waals surface area (Å²) in [7, 11) is 0. The first-order chi connectivity index (χ1) is 12.2. The molecule has 2 aromatic rings. The lowest BCUT2D eigenvalue weighted by molar-refractivity contribution is -0.135. The van der Waals surface area contributed by atoms with Crippen LogP contribution in [0.15, 0.2) is 54.9 Å². The number of rotatable bonds is 5. The molecule has 0 unspecified atom stereocenters. The zero-order valence-electron chi connectivity index (χ0n) is 14.1. The molecule has 5 nitrogen and oxygen atoms in total. The largest absolute Gasteiger partial charge is 0.452 e. The molecule has 1 aromatic carbocycles. The van der Waals surface area contributed by atoms with Crippen LogP contribution in [-0.2, 0) is 16.0 Å². The fourth-order valence-corrected chi connectivity index (χ4v) is 3.12. The van der Waals surface area contributed by atoms with Crippen LogP contribution in [0.5, 0.6) is 0 Å². The number of benzene rings is 1. The summed E-state index contributed by atoms with van der Waals surface area (Å²) in [4.78, 5) is 29.7. The van der Waals surface area contributed by atoms with Gasteiger partial charge in [-0.2, -0.15) is 0 Å². The number of piperidine rings is 1. The average Bonchev–Trinajstić information content (AvgIpc) is 2.68. The lowest BCUT2D eigenvalue weighted by Gasteiger charge is -2.32. The molecular weight excluding hydrogens is 316 g/mol. The summed E-state index contributed by atoms with van der Waals surface area (Å²) in [5.74, 6) is -0.0415. The summed E-state index contributed by atoms with van der Waals surface area (Å²) in [5, 5.41) is 0. The Morgan fingerprint density at radius 2 is 1.84 bits per heavy atom. The van der Waals surface area contributed by atoms with Gasteiger partial charge in [0.25, 0.3) is 5.91 Å². The lowest BCUT2D eigenvalue weighted by Crippen LogP contribution is -2.41. The summed E-state index contributed by atoms with van der Waals surface area (Å²) in [5.41, 5.74) is 1.70. The van der Waals surface area contributed by atoms with Gasteiger partial charge in [0, 0.05) is 25.5 Å². The molecule has 25 heavy (non-hydrogen) atoms. The monoisotopic (exact) mass is 338 g/mol. The van der Waals surface area contributed by atoms with E-state index in [1.807, 2.05) is 6.07 Å². The van der Waals surface area contributed by atoms with Crippen molar-refractivity contribution in [3.8, 4) is 0 Å². The number of hydrogen-bond donors (Lipinski definition) is 0. The number of esters is 1. The molecule has 1 aliphatic heterocycles. The molecule has 0 spiro atoms. The Kier molecular flexibility index (Phi) is 5.77. The average molecular weight is 338 g/mol. The van der Waals surface area contributed by atoms with E-state index in [0.29, 0.717) is 11.5 Å². The van der Waals surface area contributed by atoms with Crippen molar-refractivity contribution in [3.05, 3.63) is 66.0 Å². The van der Waals surface area contributed by atoms with Crippen LogP contribution in [0, 0.1) is 5.92 Å². The van der Waals surface area contributed by atoms with Gasteiger partial charge in [0.15, 0.2) is 6.61 Å². The van der Waals surface area contributed by atoms with E-state index < -0.39 is 5.97 Å². The predicted molar refractivity (Wildman–Crippen MR) is 94.0 cm³/mol. The van der Waals surface area contributed by atoms with E-state index in [9.17, 15) is 9.59 Å². The predicted octanol–water partition coefficient (Wildman–Crippen LogP) is 2.72. The molecule has 1 fully saturated rings. The van der Waals surface area contributed by atoms with Gasteiger partial charge in [-0.1, -0.05) is 30.3 Å². The Hall–Kier alpha value is -2.69. The molecule has 1 amide bonds. The number of carbonyl (C=O) groups is 2. The lowest BCUT2D eigenvalue weighted by atomic mass is 9.90. The molecule has 1 aromatic heterocycles. The van der Waals surface area contributed by atoms with Gasteiger partial charge in [-0.25, -0.2) is 4.79 Å². The summed E-state index contributed by atoms with van der Waals surface area (Å²) in [6.07, 6.45) is 6.04. The number of amides is 1. The molecule has 2 heterocycles. The second-order valence-corrected chi connectivity index (χ2v) is 6.33. The maximum atomic E-state index is 12.2. The van der Waals surface area contributed by atoms with Crippen LogP contribution < -0.4 is 0 Å². The standard InChI is InChI=1S/C20H22N2O3/c23-19(15-25-20(24)18-7-4-10-21-14-18)22-11-8-17(9-12-22)13-16-5-2-1-3-6-16/h1-7,10,14,17H,8-9,11-13,15H2. The maximum Gasteiger partial charge on any atom is 0.340 e. The minimum absolute atomic E-state index is 0.129. The zero-order valence-corrected chi connectivity index (χ0v) is 14.1. The Morgan fingerprint density at radius 3 is 2.52 bits per heavy atom. The van der Waals surface area contributed by atoms with Gasteiger partial charge in [-0.05, 0) is 42.9 Å². The Morgan fingerprint density at radius 1 is 1.08 bits per heavy atom. The third-order valence-electron chi connectivity index (χ3n) is 4.56. The van der Waals surface area contributed by atoms with E-state index in [1.165, 1.54) is 11.8 Å². The first-order valence-corrected chi connectivity index (χ1v) is 8.61. The van der Waals surface area contributed by atoms with E-state index in [1.54, 1.807) is 23.2 Å². The highest BCUT2D eigenvalue weighted by atomic mass is 16.5. The van der Waals surface area contributed by atoms with Crippen LogP contribution >= 0.6 is 0 Å². The molecule has 130 valence electrons. The molecule has 0 aliphatic carbocycles. The van der Waals surface area contributed by atoms with Gasteiger partial charge < -0.3 is 9.64 Å². The van der Waals surface area contributed by atoms with Crippen LogP contribution in [0.1, 0.15) is 28.8 Å². The summed E-state index contributed by atoms with van der Waals surface area (Å²) in [6, 6.07) is 13.7. The third-order valence-corrected chi connectivity index (χ3v) is 4.56. The molecule has 0 atom stereocenters. The number of likely N-dealkylation sites (tertiary alicyclic amines) is 1. The fourth-order valence-electron chi connectivity index (χ4n) is 3.12. The summed E-state index contributed by atoms with van der Waals surface area (Å²) >= 11 is 0. The van der Waals surface area contributed by atoms with Crippen LogP contribution in [0.3, 0.4) is 0 Å². The topological polar surface area (TPSA) is 59.5 Å². The highest BCUT2D eigenvalue weighted by molar-refractivity contribution is 5.90. The van der Waals surface area contributed by atoms with Crippen LogP contribution in [0.2, 0.25) is 0 Å². The highest BCUT2D eigenvalue weighted by Crippen LogP contribution is 2.21. The third kappa shape index (κ3) is 4.89. The molecule has 0 N–H and O–H groups in total. The van der Waals surface area contributed by atoms with E-state index in [4.69, 9.17) is 4.74 Å². The van der Waals surface area contributed by atoms with Crippen molar-refractivity contribution < 1.29 is 14.3 Å². The van der Waals surface area contributed by atoms with E-state index in [0.717, 1.165) is 32.4 Å². The molecular formula is C20H22N2O3. The van der Waals surface area contributed by atoms with Gasteiger partial charge in [0.05, 0.1) is 5.56 Å². The number of ether oxygens (including phenoxy) is 1. The molecule has 3 rings (SSSR count). The van der Waals surface area contributed by atoms with Crippen molar-refractivity contribution in [3.63, 3.8) is 0 Å². The minimum Gasteiger partial charge on any atom is -0.452 e. The normalized spacial score (nSPS) is 15.0. The van der Waals surface area contributed by atoms with Gasteiger partial charge in [0.1, 0.15) is 0 Å². The fraction of sp³-hybridized carbons (Fsp3) is 0.350. The van der Waals surface area contributed by atoms with Crippen molar-refractivity contribution in [1.29, 1.82) is 0 Å². The highest BCUT2D eigenvalue weighted by Gasteiger charge is 2.23. The smallest absolute Gasteiger partial charge is 0.340 e. The van der Waals surface area contributed by atoms with Crippen LogP contribution in [0.25, 0.3) is 0 Å². The number of hydrogen-bond acceptors (Lipinski definition) is 4. The van der Waals surface area contributed by atoms with Crippen molar-refractivity contribution in [2.24, 2.45) is 5.92 Å². The minimum atomic E-state index is -0.514. The maximum absolute atomic E-state index is 12.2.